The Kier molecular flexibility index (Phi) is 5.88. The Bertz CT molecular complexity index is 643. The number of halogens is 2. The monoisotopic (exact) mass is 341 g/mol. The molecule has 1 fully saturated rings. The lowest BCUT2D eigenvalue weighted by molar-refractivity contribution is -0.116. The molecule has 0 saturated carbocycles. The average molecular weight is 342 g/mol. The lowest BCUT2D eigenvalue weighted by Gasteiger charge is -2.08. The maximum Gasteiger partial charge on any atom is 0.227 e. The van der Waals surface area contributed by atoms with Gasteiger partial charge in [0, 0.05) is 23.4 Å². The van der Waals surface area contributed by atoms with Gasteiger partial charge in [-0.3, -0.25) is 4.79 Å². The van der Waals surface area contributed by atoms with Crippen molar-refractivity contribution in [2.75, 3.05) is 11.9 Å². The van der Waals surface area contributed by atoms with Crippen molar-refractivity contribution in [1.82, 2.24) is 10.3 Å². The molecule has 1 aliphatic heterocycles. The Morgan fingerprint density at radius 2 is 2.36 bits per heavy atom. The van der Waals surface area contributed by atoms with Crippen LogP contribution in [-0.2, 0) is 4.79 Å². The second kappa shape index (κ2) is 7.67. The first-order chi connectivity index (χ1) is 10.2. The van der Waals surface area contributed by atoms with Crippen LogP contribution in [0.4, 0.5) is 9.52 Å². The molecule has 0 bridgehead atoms. The predicted molar refractivity (Wildman–Crippen MR) is 89.0 cm³/mol. The van der Waals surface area contributed by atoms with Gasteiger partial charge in [0.1, 0.15) is 5.82 Å². The minimum Gasteiger partial charge on any atom is -0.313 e. The van der Waals surface area contributed by atoms with Gasteiger partial charge in [0.25, 0.3) is 0 Å². The van der Waals surface area contributed by atoms with Gasteiger partial charge in [-0.05, 0) is 31.5 Å². The van der Waals surface area contributed by atoms with Crippen molar-refractivity contribution in [1.29, 1.82) is 0 Å². The van der Waals surface area contributed by atoms with Gasteiger partial charge in [-0.2, -0.15) is 0 Å². The zero-order chi connectivity index (χ0) is 14.7. The highest BCUT2D eigenvalue weighted by atomic mass is 35.5. The van der Waals surface area contributed by atoms with Gasteiger partial charge < -0.3 is 10.6 Å². The fourth-order valence-corrected chi connectivity index (χ4v) is 3.17. The number of hydrogen-bond acceptors (Lipinski definition) is 4. The normalized spacial score (nSPS) is 17.0. The molecule has 7 heteroatoms. The number of nitrogens with one attached hydrogen (secondary N) is 2. The predicted octanol–water partition coefficient (Wildman–Crippen LogP) is 3.45. The summed E-state index contributed by atoms with van der Waals surface area (Å²) in [6, 6.07) is 6.55. The first-order valence-corrected chi connectivity index (χ1v) is 7.83. The van der Waals surface area contributed by atoms with Crippen LogP contribution >= 0.6 is 23.7 Å². The van der Waals surface area contributed by atoms with Gasteiger partial charge in [-0.15, -0.1) is 23.7 Å². The van der Waals surface area contributed by atoms with Crippen molar-refractivity contribution in [3.63, 3.8) is 0 Å². The van der Waals surface area contributed by atoms with E-state index in [0.29, 0.717) is 22.8 Å². The molecule has 2 aromatic rings. The molecule has 1 aliphatic rings. The number of anilines is 1. The van der Waals surface area contributed by atoms with E-state index in [2.05, 4.69) is 15.6 Å². The minimum atomic E-state index is -0.293. The van der Waals surface area contributed by atoms with Crippen molar-refractivity contribution < 1.29 is 9.18 Å². The second-order valence-corrected chi connectivity index (χ2v) is 5.95. The van der Waals surface area contributed by atoms with E-state index in [9.17, 15) is 9.18 Å². The molecule has 1 aromatic heterocycles. The highest BCUT2D eigenvalue weighted by Crippen LogP contribution is 2.25. The summed E-state index contributed by atoms with van der Waals surface area (Å²) in [4.78, 5) is 16.3. The van der Waals surface area contributed by atoms with E-state index in [4.69, 9.17) is 0 Å². The molecule has 2 heterocycles. The number of hydrogen-bond donors (Lipinski definition) is 2. The summed E-state index contributed by atoms with van der Waals surface area (Å²) < 4.78 is 13.2. The SMILES string of the molecule is Cl.O=C(CC1CCCN1)Nc1nc(-c2cccc(F)c2)cs1. The Morgan fingerprint density at radius 1 is 1.50 bits per heavy atom. The second-order valence-electron chi connectivity index (χ2n) is 5.09. The van der Waals surface area contributed by atoms with Crippen LogP contribution in [0.3, 0.4) is 0 Å². The molecule has 3 rings (SSSR count). The summed E-state index contributed by atoms with van der Waals surface area (Å²) in [5.74, 6) is -0.326. The molecule has 118 valence electrons. The third-order valence-corrected chi connectivity index (χ3v) is 4.22. The van der Waals surface area contributed by atoms with Crippen molar-refractivity contribution in [3.05, 3.63) is 35.5 Å². The molecule has 1 aromatic carbocycles. The van der Waals surface area contributed by atoms with Crippen molar-refractivity contribution in [2.24, 2.45) is 0 Å². The number of carbonyl (C=O) groups excluding carboxylic acids is 1. The fourth-order valence-electron chi connectivity index (χ4n) is 2.44. The van der Waals surface area contributed by atoms with Gasteiger partial charge in [0.05, 0.1) is 5.69 Å². The standard InChI is InChI=1S/C15H16FN3OS.ClH/c16-11-4-1-3-10(7-11)13-9-21-15(18-13)19-14(20)8-12-5-2-6-17-12;/h1,3-4,7,9,12,17H,2,5-6,8H2,(H,18,19,20);1H. The molecule has 0 radical (unpaired) electrons. The Balaban J connectivity index is 0.00000176. The van der Waals surface area contributed by atoms with Gasteiger partial charge in [-0.1, -0.05) is 12.1 Å². The molecule has 1 unspecified atom stereocenters. The van der Waals surface area contributed by atoms with E-state index in [1.807, 2.05) is 5.38 Å². The molecule has 1 amide bonds. The maximum absolute atomic E-state index is 13.2. The first-order valence-electron chi connectivity index (χ1n) is 6.95. The summed E-state index contributed by atoms with van der Waals surface area (Å²) in [6.45, 7) is 0.985. The van der Waals surface area contributed by atoms with Crippen LogP contribution in [0.2, 0.25) is 0 Å². The number of carbonyl (C=O) groups is 1. The highest BCUT2D eigenvalue weighted by molar-refractivity contribution is 7.14. The average Bonchev–Trinajstić information content (AvgIpc) is 3.10. The largest absolute Gasteiger partial charge is 0.313 e. The van der Waals surface area contributed by atoms with Crippen LogP contribution < -0.4 is 10.6 Å². The van der Waals surface area contributed by atoms with Crippen molar-refractivity contribution in [3.8, 4) is 11.3 Å². The molecule has 0 aliphatic carbocycles. The first kappa shape index (κ1) is 16.9. The molecule has 0 spiro atoms. The molecular formula is C15H17ClFN3OS. The van der Waals surface area contributed by atoms with E-state index in [1.165, 1.54) is 23.5 Å². The van der Waals surface area contributed by atoms with Crippen LogP contribution in [0, 0.1) is 5.82 Å². The summed E-state index contributed by atoms with van der Waals surface area (Å²) >= 11 is 1.35. The Morgan fingerprint density at radius 3 is 3.09 bits per heavy atom. The minimum absolute atomic E-state index is 0. The molecule has 1 saturated heterocycles. The van der Waals surface area contributed by atoms with E-state index < -0.39 is 0 Å². The van der Waals surface area contributed by atoms with Crippen LogP contribution in [0.15, 0.2) is 29.6 Å². The van der Waals surface area contributed by atoms with E-state index in [-0.39, 0.29) is 30.2 Å². The van der Waals surface area contributed by atoms with Gasteiger partial charge in [0.15, 0.2) is 5.13 Å². The fraction of sp³-hybridized carbons (Fsp3) is 0.333. The third kappa shape index (κ3) is 4.25. The number of amides is 1. The molecule has 4 nitrogen and oxygen atoms in total. The van der Waals surface area contributed by atoms with Crippen LogP contribution in [0.5, 0.6) is 0 Å². The number of thiazole rings is 1. The zero-order valence-electron chi connectivity index (χ0n) is 11.8. The van der Waals surface area contributed by atoms with E-state index in [0.717, 1.165) is 19.4 Å². The van der Waals surface area contributed by atoms with Crippen LogP contribution in [-0.4, -0.2) is 23.5 Å². The van der Waals surface area contributed by atoms with Gasteiger partial charge in [-0.25, -0.2) is 9.37 Å². The summed E-state index contributed by atoms with van der Waals surface area (Å²) in [5.41, 5.74) is 1.39. The summed E-state index contributed by atoms with van der Waals surface area (Å²) in [7, 11) is 0. The molecular weight excluding hydrogens is 325 g/mol. The zero-order valence-corrected chi connectivity index (χ0v) is 13.5. The smallest absolute Gasteiger partial charge is 0.227 e. The van der Waals surface area contributed by atoms with Crippen molar-refractivity contribution >= 4 is 34.8 Å². The highest BCUT2D eigenvalue weighted by Gasteiger charge is 2.18. The molecule has 1 atom stereocenters. The topological polar surface area (TPSA) is 54.0 Å². The lowest BCUT2D eigenvalue weighted by Crippen LogP contribution is -2.27. The molecule has 2 N–H and O–H groups in total. The van der Waals surface area contributed by atoms with Gasteiger partial charge >= 0.3 is 0 Å². The summed E-state index contributed by atoms with van der Waals surface area (Å²) in [6.07, 6.45) is 2.63. The van der Waals surface area contributed by atoms with Crippen molar-refractivity contribution in [2.45, 2.75) is 25.3 Å². The number of rotatable bonds is 4. The van der Waals surface area contributed by atoms with E-state index in [1.54, 1.807) is 12.1 Å². The number of aromatic nitrogens is 1. The summed E-state index contributed by atoms with van der Waals surface area (Å²) in [5, 5.41) is 8.47. The lowest BCUT2D eigenvalue weighted by atomic mass is 10.1. The quantitative estimate of drug-likeness (QED) is 0.895. The maximum atomic E-state index is 13.2. The number of nitrogens with zero attached hydrogens (tertiary/aromatic N) is 1. The third-order valence-electron chi connectivity index (χ3n) is 3.47. The Hall–Kier alpha value is -1.50. The Labute approximate surface area is 138 Å². The van der Waals surface area contributed by atoms with Gasteiger partial charge in [0.2, 0.25) is 5.91 Å². The van der Waals surface area contributed by atoms with Crippen LogP contribution in [0.1, 0.15) is 19.3 Å². The van der Waals surface area contributed by atoms with Crippen LogP contribution in [0.25, 0.3) is 11.3 Å². The molecule has 22 heavy (non-hydrogen) atoms. The van der Waals surface area contributed by atoms with E-state index >= 15 is 0 Å². The number of benzene rings is 1.